The Balaban J connectivity index is 1.19. The predicted octanol–water partition coefficient (Wildman–Crippen LogP) is 0.160. The Morgan fingerprint density at radius 1 is 0.970 bits per heavy atom. The number of nitrogens with one attached hydrogen (secondary N) is 1. The van der Waals surface area contributed by atoms with Crippen LogP contribution in [0.1, 0.15) is 40.0 Å². The fourth-order valence-corrected chi connectivity index (χ4v) is 5.98. The molecule has 9 nitrogen and oxygen atoms in total. The van der Waals surface area contributed by atoms with E-state index < -0.39 is 23.8 Å². The molecule has 1 aliphatic carbocycles. The summed E-state index contributed by atoms with van der Waals surface area (Å²) in [5, 5.41) is 2.24. The fourth-order valence-electron chi connectivity index (χ4n) is 5.98. The predicted molar refractivity (Wildman–Crippen MR) is 120 cm³/mol. The van der Waals surface area contributed by atoms with Crippen LogP contribution in [0.2, 0.25) is 0 Å². The number of likely N-dealkylation sites (N-methyl/N-ethyl adjacent to an activating group) is 1. The van der Waals surface area contributed by atoms with Gasteiger partial charge in [-0.2, -0.15) is 0 Å². The molecule has 1 aromatic carbocycles. The van der Waals surface area contributed by atoms with Gasteiger partial charge in [-0.15, -0.1) is 0 Å². The molecule has 4 atom stereocenters. The number of imide groups is 2. The Hall–Kier alpha value is -2.78. The molecular weight excluding hydrogens is 422 g/mol. The molecule has 0 bridgehead atoms. The van der Waals surface area contributed by atoms with Gasteiger partial charge in [-0.25, -0.2) is 0 Å². The van der Waals surface area contributed by atoms with Crippen LogP contribution in [0.3, 0.4) is 0 Å². The average Bonchev–Trinajstić information content (AvgIpc) is 3.33. The minimum absolute atomic E-state index is 0.121. The standard InChI is InChI=1S/C24H29N5O4/c1-26-6-7-28(13-17(26)12-27-10-14-8-15(14)11-27)16-2-3-18-19(9-16)24(33)29(23(18)32)20-4-5-21(30)25-22(20)31/h2-3,9,14-15,17,20H,4-8,10-13H2,1H3,(H,25,30,31). The zero-order valence-electron chi connectivity index (χ0n) is 18.8. The number of piperazine rings is 1. The van der Waals surface area contributed by atoms with Crippen molar-refractivity contribution in [3.8, 4) is 0 Å². The highest BCUT2D eigenvalue weighted by Crippen LogP contribution is 2.45. The summed E-state index contributed by atoms with van der Waals surface area (Å²) in [5.41, 5.74) is 1.61. The first-order valence-corrected chi connectivity index (χ1v) is 11.9. The smallest absolute Gasteiger partial charge is 0.262 e. The van der Waals surface area contributed by atoms with Crippen molar-refractivity contribution in [3.63, 3.8) is 0 Å². The Kier molecular flexibility index (Phi) is 4.81. The molecule has 4 fully saturated rings. The van der Waals surface area contributed by atoms with Crippen molar-refractivity contribution in [3.05, 3.63) is 29.3 Å². The lowest BCUT2D eigenvalue weighted by atomic mass is 10.0. The zero-order valence-corrected chi connectivity index (χ0v) is 18.8. The summed E-state index contributed by atoms with van der Waals surface area (Å²) < 4.78 is 0. The topological polar surface area (TPSA) is 93.3 Å². The van der Waals surface area contributed by atoms with Crippen molar-refractivity contribution in [2.75, 3.05) is 51.2 Å². The molecule has 1 aromatic rings. The quantitative estimate of drug-likeness (QED) is 0.652. The lowest BCUT2D eigenvalue weighted by Gasteiger charge is -2.42. The van der Waals surface area contributed by atoms with Gasteiger partial charge >= 0.3 is 0 Å². The highest BCUT2D eigenvalue weighted by Gasteiger charge is 2.46. The molecule has 0 radical (unpaired) electrons. The maximum absolute atomic E-state index is 13.2. The van der Waals surface area contributed by atoms with Gasteiger partial charge in [-0.3, -0.25) is 34.3 Å². The van der Waals surface area contributed by atoms with Crippen LogP contribution < -0.4 is 10.2 Å². The number of anilines is 1. The van der Waals surface area contributed by atoms with Crippen molar-refractivity contribution >= 4 is 29.3 Å². The number of fused-ring (bicyclic) bond motifs is 2. The second-order valence-electron chi connectivity index (χ2n) is 10.2. The molecule has 5 aliphatic rings. The first-order chi connectivity index (χ1) is 15.9. The molecule has 0 aromatic heterocycles. The van der Waals surface area contributed by atoms with Crippen LogP contribution in [0.5, 0.6) is 0 Å². The first kappa shape index (κ1) is 20.8. The summed E-state index contributed by atoms with van der Waals surface area (Å²) >= 11 is 0. The molecule has 6 rings (SSSR count). The molecule has 33 heavy (non-hydrogen) atoms. The van der Waals surface area contributed by atoms with E-state index in [0.717, 1.165) is 48.6 Å². The van der Waals surface area contributed by atoms with E-state index in [1.165, 1.54) is 19.5 Å². The van der Waals surface area contributed by atoms with E-state index >= 15 is 0 Å². The van der Waals surface area contributed by atoms with Crippen molar-refractivity contribution in [2.45, 2.75) is 31.3 Å². The van der Waals surface area contributed by atoms with Crippen molar-refractivity contribution in [1.82, 2.24) is 20.0 Å². The van der Waals surface area contributed by atoms with Gasteiger partial charge in [0.1, 0.15) is 6.04 Å². The number of rotatable bonds is 4. The van der Waals surface area contributed by atoms with Crippen LogP contribution in [0.4, 0.5) is 5.69 Å². The second kappa shape index (κ2) is 7.63. The molecule has 9 heteroatoms. The second-order valence-corrected chi connectivity index (χ2v) is 10.2. The molecule has 4 heterocycles. The highest BCUT2D eigenvalue weighted by molar-refractivity contribution is 6.23. The summed E-state index contributed by atoms with van der Waals surface area (Å²) in [6, 6.07) is 4.90. The lowest BCUT2D eigenvalue weighted by molar-refractivity contribution is -0.136. The van der Waals surface area contributed by atoms with E-state index in [1.807, 2.05) is 6.07 Å². The van der Waals surface area contributed by atoms with E-state index in [1.54, 1.807) is 12.1 Å². The number of piperidine rings is 2. The number of carbonyl (C=O) groups is 4. The van der Waals surface area contributed by atoms with Crippen LogP contribution in [0, 0.1) is 11.8 Å². The van der Waals surface area contributed by atoms with Gasteiger partial charge in [-0.05, 0) is 49.9 Å². The van der Waals surface area contributed by atoms with Crippen LogP contribution in [0.25, 0.3) is 0 Å². The minimum atomic E-state index is -0.932. The van der Waals surface area contributed by atoms with Crippen LogP contribution >= 0.6 is 0 Å². The molecule has 1 saturated carbocycles. The third-order valence-corrected chi connectivity index (χ3v) is 8.09. The number of hydrogen-bond acceptors (Lipinski definition) is 7. The Morgan fingerprint density at radius 2 is 1.73 bits per heavy atom. The molecule has 3 saturated heterocycles. The molecule has 4 amide bonds. The van der Waals surface area contributed by atoms with Gasteiger partial charge in [0.25, 0.3) is 11.8 Å². The minimum Gasteiger partial charge on any atom is -0.369 e. The number of carbonyl (C=O) groups excluding carboxylic acids is 4. The summed E-state index contributed by atoms with van der Waals surface area (Å²) in [4.78, 5) is 58.2. The monoisotopic (exact) mass is 451 g/mol. The lowest BCUT2D eigenvalue weighted by Crippen LogP contribution is -2.55. The van der Waals surface area contributed by atoms with Gasteiger partial charge in [0, 0.05) is 57.4 Å². The third kappa shape index (κ3) is 3.54. The van der Waals surface area contributed by atoms with Crippen LogP contribution in [-0.4, -0.2) is 96.7 Å². The Bertz CT molecular complexity index is 1050. The zero-order chi connectivity index (χ0) is 22.9. The van der Waals surface area contributed by atoms with E-state index in [4.69, 9.17) is 0 Å². The molecule has 4 unspecified atom stereocenters. The van der Waals surface area contributed by atoms with Crippen molar-refractivity contribution < 1.29 is 19.2 Å². The average molecular weight is 452 g/mol. The van der Waals surface area contributed by atoms with Gasteiger partial charge in [0.15, 0.2) is 0 Å². The first-order valence-electron chi connectivity index (χ1n) is 11.9. The van der Waals surface area contributed by atoms with E-state index in [0.29, 0.717) is 17.2 Å². The maximum atomic E-state index is 13.2. The molecular formula is C24H29N5O4. The van der Waals surface area contributed by atoms with Crippen LogP contribution in [-0.2, 0) is 9.59 Å². The number of likely N-dealkylation sites (tertiary alicyclic amines) is 1. The summed E-state index contributed by atoms with van der Waals surface area (Å²) in [5.74, 6) is -0.0217. The van der Waals surface area contributed by atoms with Gasteiger partial charge in [0.05, 0.1) is 11.1 Å². The molecule has 4 aliphatic heterocycles. The molecule has 0 spiro atoms. The SMILES string of the molecule is CN1CCN(c2ccc3c(c2)C(=O)N(C2CCC(=O)NC2=O)C3=O)CC1CN1CC2CC2C1. The number of benzene rings is 1. The Morgan fingerprint density at radius 3 is 2.48 bits per heavy atom. The van der Waals surface area contributed by atoms with Gasteiger partial charge < -0.3 is 9.80 Å². The third-order valence-electron chi connectivity index (χ3n) is 8.09. The van der Waals surface area contributed by atoms with Gasteiger partial charge in [0.2, 0.25) is 11.8 Å². The summed E-state index contributed by atoms with van der Waals surface area (Å²) in [6.07, 6.45) is 1.69. The number of amides is 4. The normalized spacial score (nSPS) is 32.3. The molecule has 174 valence electrons. The van der Waals surface area contributed by atoms with E-state index in [-0.39, 0.29) is 18.7 Å². The van der Waals surface area contributed by atoms with Crippen molar-refractivity contribution in [2.24, 2.45) is 11.8 Å². The van der Waals surface area contributed by atoms with Crippen LogP contribution in [0.15, 0.2) is 18.2 Å². The maximum Gasteiger partial charge on any atom is 0.262 e. The number of hydrogen-bond donors (Lipinski definition) is 1. The fraction of sp³-hybridized carbons (Fsp3) is 0.583. The summed E-state index contributed by atoms with van der Waals surface area (Å²) in [6.45, 7) is 6.18. The van der Waals surface area contributed by atoms with Gasteiger partial charge in [-0.1, -0.05) is 0 Å². The van der Waals surface area contributed by atoms with E-state index in [9.17, 15) is 19.2 Å². The Labute approximate surface area is 192 Å². The van der Waals surface area contributed by atoms with E-state index in [2.05, 4.69) is 27.1 Å². The number of nitrogens with zero attached hydrogens (tertiary/aromatic N) is 4. The largest absolute Gasteiger partial charge is 0.369 e. The highest BCUT2D eigenvalue weighted by atomic mass is 16.2. The van der Waals surface area contributed by atoms with Crippen molar-refractivity contribution in [1.29, 1.82) is 0 Å². The summed E-state index contributed by atoms with van der Waals surface area (Å²) in [7, 11) is 2.18. The molecule has 1 N–H and O–H groups in total.